The van der Waals surface area contributed by atoms with E-state index in [2.05, 4.69) is 31.0 Å². The molecule has 0 aliphatic heterocycles. The summed E-state index contributed by atoms with van der Waals surface area (Å²) >= 11 is 0. The van der Waals surface area contributed by atoms with Crippen LogP contribution in [0.3, 0.4) is 0 Å². The second-order valence-electron chi connectivity index (χ2n) is 6.50. The number of nitrogens with one attached hydrogen (secondary N) is 1. The van der Waals surface area contributed by atoms with Gasteiger partial charge in [-0.25, -0.2) is 0 Å². The minimum atomic E-state index is -0.877. The van der Waals surface area contributed by atoms with E-state index in [1.54, 1.807) is 14.0 Å². The van der Waals surface area contributed by atoms with Crippen molar-refractivity contribution in [2.75, 3.05) is 33.4 Å². The fraction of sp³-hybridized carbons (Fsp3) is 0.938. The molecule has 0 rings (SSSR count). The van der Waals surface area contributed by atoms with Gasteiger partial charge in [0, 0.05) is 26.2 Å². The molecule has 0 aromatic carbocycles. The third-order valence-electron chi connectivity index (χ3n) is 3.75. The van der Waals surface area contributed by atoms with Crippen LogP contribution >= 0.6 is 0 Å². The van der Waals surface area contributed by atoms with Gasteiger partial charge >= 0.3 is 5.97 Å². The topological polar surface area (TPSA) is 61.8 Å². The van der Waals surface area contributed by atoms with Gasteiger partial charge in [-0.15, -0.1) is 0 Å². The fourth-order valence-electron chi connectivity index (χ4n) is 2.53. The molecule has 21 heavy (non-hydrogen) atoms. The zero-order valence-electron chi connectivity index (χ0n) is 14.6. The third-order valence-corrected chi connectivity index (χ3v) is 3.75. The summed E-state index contributed by atoms with van der Waals surface area (Å²) in [6, 6.07) is 0.188. The molecule has 0 aliphatic rings. The molecular formula is C16H34N2O3. The SMILES string of the molecule is CCCNC(C)(CC(C)N(CCOC)CC(C)C)C(=O)O. The monoisotopic (exact) mass is 302 g/mol. The summed E-state index contributed by atoms with van der Waals surface area (Å²) in [6.45, 7) is 13.5. The van der Waals surface area contributed by atoms with Crippen LogP contribution in [0, 0.1) is 5.92 Å². The quantitative estimate of drug-likeness (QED) is 0.579. The smallest absolute Gasteiger partial charge is 0.323 e. The number of aliphatic carboxylic acids is 1. The summed E-state index contributed by atoms with van der Waals surface area (Å²) in [7, 11) is 1.70. The molecule has 2 N–H and O–H groups in total. The fourth-order valence-corrected chi connectivity index (χ4v) is 2.53. The van der Waals surface area contributed by atoms with Crippen molar-refractivity contribution < 1.29 is 14.6 Å². The van der Waals surface area contributed by atoms with E-state index in [0.29, 0.717) is 18.9 Å². The standard InChI is InChI=1S/C16H34N2O3/c1-7-8-17-16(5,15(19)20)11-14(4)18(9-10-21-6)12-13(2)3/h13-14,17H,7-12H2,1-6H3,(H,19,20). The van der Waals surface area contributed by atoms with Gasteiger partial charge in [0.1, 0.15) is 5.54 Å². The van der Waals surface area contributed by atoms with Crippen molar-refractivity contribution >= 4 is 5.97 Å². The molecule has 0 fully saturated rings. The Balaban J connectivity index is 4.79. The van der Waals surface area contributed by atoms with Crippen LogP contribution < -0.4 is 5.32 Å². The van der Waals surface area contributed by atoms with E-state index in [1.807, 2.05) is 6.92 Å². The molecular weight excluding hydrogens is 268 g/mol. The minimum absolute atomic E-state index is 0.188. The third kappa shape index (κ3) is 7.79. The first-order chi connectivity index (χ1) is 9.76. The lowest BCUT2D eigenvalue weighted by atomic mass is 9.92. The number of ether oxygens (including phenoxy) is 1. The highest BCUT2D eigenvalue weighted by Gasteiger charge is 2.35. The molecule has 0 aromatic heterocycles. The van der Waals surface area contributed by atoms with Crippen LogP contribution in [-0.2, 0) is 9.53 Å². The summed E-state index contributed by atoms with van der Waals surface area (Å²) in [5.41, 5.74) is -0.877. The van der Waals surface area contributed by atoms with Crippen molar-refractivity contribution in [1.82, 2.24) is 10.2 Å². The molecule has 2 unspecified atom stereocenters. The van der Waals surface area contributed by atoms with Crippen LogP contribution in [0.25, 0.3) is 0 Å². The lowest BCUT2D eigenvalue weighted by Crippen LogP contribution is -2.54. The predicted molar refractivity (Wildman–Crippen MR) is 86.7 cm³/mol. The minimum Gasteiger partial charge on any atom is -0.480 e. The molecule has 2 atom stereocenters. The molecule has 5 nitrogen and oxygen atoms in total. The lowest BCUT2D eigenvalue weighted by Gasteiger charge is -2.36. The Morgan fingerprint density at radius 1 is 1.38 bits per heavy atom. The van der Waals surface area contributed by atoms with E-state index in [1.165, 1.54) is 0 Å². The molecule has 0 amide bonds. The first kappa shape index (κ1) is 20.3. The average molecular weight is 302 g/mol. The maximum absolute atomic E-state index is 11.6. The van der Waals surface area contributed by atoms with Crippen molar-refractivity contribution in [3.05, 3.63) is 0 Å². The Kier molecular flexibility index (Phi) is 9.83. The summed E-state index contributed by atoms with van der Waals surface area (Å²) in [6.07, 6.45) is 1.51. The molecule has 5 heteroatoms. The Hall–Kier alpha value is -0.650. The Labute approximate surface area is 130 Å². The zero-order valence-corrected chi connectivity index (χ0v) is 14.6. The number of methoxy groups -OCH3 is 1. The van der Waals surface area contributed by atoms with Gasteiger partial charge in [-0.05, 0) is 39.2 Å². The number of rotatable bonds is 12. The van der Waals surface area contributed by atoms with Crippen molar-refractivity contribution in [3.8, 4) is 0 Å². The average Bonchev–Trinajstić information content (AvgIpc) is 2.40. The molecule has 0 saturated carbocycles. The Bertz CT molecular complexity index is 297. The molecule has 0 radical (unpaired) electrons. The van der Waals surface area contributed by atoms with E-state index in [-0.39, 0.29) is 6.04 Å². The normalized spacial score (nSPS) is 16.2. The van der Waals surface area contributed by atoms with Crippen LogP contribution in [0.2, 0.25) is 0 Å². The van der Waals surface area contributed by atoms with Gasteiger partial charge < -0.3 is 15.2 Å². The molecule has 0 aliphatic carbocycles. The first-order valence-electron chi connectivity index (χ1n) is 7.98. The zero-order chi connectivity index (χ0) is 16.5. The highest BCUT2D eigenvalue weighted by atomic mass is 16.5. The summed E-state index contributed by atoms with van der Waals surface area (Å²) in [4.78, 5) is 13.9. The number of nitrogens with zero attached hydrogens (tertiary/aromatic N) is 1. The van der Waals surface area contributed by atoms with Crippen molar-refractivity contribution in [3.63, 3.8) is 0 Å². The molecule has 0 saturated heterocycles. The van der Waals surface area contributed by atoms with Gasteiger partial charge in [0.2, 0.25) is 0 Å². The van der Waals surface area contributed by atoms with Crippen LogP contribution in [0.15, 0.2) is 0 Å². The predicted octanol–water partition coefficient (Wildman–Crippen LogP) is 2.21. The Morgan fingerprint density at radius 3 is 2.43 bits per heavy atom. The Morgan fingerprint density at radius 2 is 2.00 bits per heavy atom. The van der Waals surface area contributed by atoms with Crippen molar-refractivity contribution in [2.24, 2.45) is 5.92 Å². The van der Waals surface area contributed by atoms with Gasteiger partial charge in [-0.2, -0.15) is 0 Å². The van der Waals surface area contributed by atoms with Crippen molar-refractivity contribution in [2.45, 2.75) is 59.0 Å². The van der Waals surface area contributed by atoms with Gasteiger partial charge in [-0.1, -0.05) is 20.8 Å². The number of carboxylic acids is 1. The van der Waals surface area contributed by atoms with E-state index in [4.69, 9.17) is 4.74 Å². The first-order valence-corrected chi connectivity index (χ1v) is 7.98. The maximum Gasteiger partial charge on any atom is 0.323 e. The second kappa shape index (κ2) is 10.1. The van der Waals surface area contributed by atoms with Gasteiger partial charge in [-0.3, -0.25) is 9.69 Å². The van der Waals surface area contributed by atoms with Crippen molar-refractivity contribution in [1.29, 1.82) is 0 Å². The highest BCUT2D eigenvalue weighted by Crippen LogP contribution is 2.18. The summed E-state index contributed by atoms with van der Waals surface area (Å²) in [5, 5.41) is 12.7. The molecule has 126 valence electrons. The van der Waals surface area contributed by atoms with Crippen LogP contribution in [0.1, 0.15) is 47.5 Å². The van der Waals surface area contributed by atoms with Crippen LogP contribution in [0.4, 0.5) is 0 Å². The number of carbonyl (C=O) groups is 1. The van der Waals surface area contributed by atoms with Gasteiger partial charge in [0.05, 0.1) is 6.61 Å². The summed E-state index contributed by atoms with van der Waals surface area (Å²) < 4.78 is 5.17. The lowest BCUT2D eigenvalue weighted by molar-refractivity contribution is -0.145. The molecule has 0 spiro atoms. The van der Waals surface area contributed by atoms with Crippen LogP contribution in [0.5, 0.6) is 0 Å². The number of carboxylic acid groups (broad SMARTS) is 1. The van der Waals surface area contributed by atoms with E-state index >= 15 is 0 Å². The van der Waals surface area contributed by atoms with Crippen LogP contribution in [-0.4, -0.2) is 60.9 Å². The number of hydrogen-bond donors (Lipinski definition) is 2. The highest BCUT2D eigenvalue weighted by molar-refractivity contribution is 5.78. The molecule has 0 aromatic rings. The van der Waals surface area contributed by atoms with E-state index in [9.17, 15) is 9.90 Å². The number of hydrogen-bond acceptors (Lipinski definition) is 4. The van der Waals surface area contributed by atoms with E-state index < -0.39 is 11.5 Å². The largest absolute Gasteiger partial charge is 0.480 e. The van der Waals surface area contributed by atoms with Gasteiger partial charge in [0.15, 0.2) is 0 Å². The maximum atomic E-state index is 11.6. The summed E-state index contributed by atoms with van der Waals surface area (Å²) in [5.74, 6) is -0.233. The second-order valence-corrected chi connectivity index (χ2v) is 6.50. The molecule has 0 bridgehead atoms. The molecule has 0 heterocycles. The van der Waals surface area contributed by atoms with Gasteiger partial charge in [0.25, 0.3) is 0 Å². The van der Waals surface area contributed by atoms with E-state index in [0.717, 1.165) is 26.1 Å².